The third-order valence-electron chi connectivity index (χ3n) is 7.17. The van der Waals surface area contributed by atoms with Crippen molar-refractivity contribution in [2.45, 2.75) is 52.5 Å². The van der Waals surface area contributed by atoms with Crippen LogP contribution in [0.2, 0.25) is 5.02 Å². The molecular weight excluding hydrogens is 468 g/mol. The van der Waals surface area contributed by atoms with Crippen LogP contribution in [-0.4, -0.2) is 35.8 Å². The van der Waals surface area contributed by atoms with E-state index < -0.39 is 6.04 Å². The Kier molecular flexibility index (Phi) is 9.72. The van der Waals surface area contributed by atoms with Gasteiger partial charge in [-0.25, -0.2) is 0 Å². The summed E-state index contributed by atoms with van der Waals surface area (Å²) in [4.78, 5) is 29.0. The number of benzene rings is 3. The zero-order chi connectivity index (χ0) is 24.8. The van der Waals surface area contributed by atoms with Gasteiger partial charge in [0.25, 0.3) is 5.91 Å². The van der Waals surface area contributed by atoms with E-state index in [2.05, 4.69) is 24.4 Å². The van der Waals surface area contributed by atoms with Gasteiger partial charge < -0.3 is 10.2 Å². The Morgan fingerprint density at radius 3 is 2.19 bits per heavy atom. The van der Waals surface area contributed by atoms with E-state index in [0.29, 0.717) is 24.6 Å². The van der Waals surface area contributed by atoms with Crippen LogP contribution in [0.15, 0.2) is 78.9 Å². The number of likely N-dealkylation sites (tertiary alicyclic amines) is 1. The second-order valence-corrected chi connectivity index (χ2v) is 9.84. The van der Waals surface area contributed by atoms with Gasteiger partial charge in [-0.1, -0.05) is 100.0 Å². The molecule has 1 heterocycles. The second kappa shape index (κ2) is 12.7. The summed E-state index contributed by atoms with van der Waals surface area (Å²) in [6, 6.07) is 24.9. The summed E-state index contributed by atoms with van der Waals surface area (Å²) in [7, 11) is 0. The molecule has 190 valence electrons. The fraction of sp³-hybridized carbons (Fsp3) is 0.355. The molecule has 2 amide bonds. The summed E-state index contributed by atoms with van der Waals surface area (Å²) >= 11 is 6.04. The summed E-state index contributed by atoms with van der Waals surface area (Å²) in [5, 5.41) is 3.83. The summed E-state index contributed by atoms with van der Waals surface area (Å²) in [6.07, 6.45) is 2.62. The molecule has 0 unspecified atom stereocenters. The Labute approximate surface area is 220 Å². The summed E-state index contributed by atoms with van der Waals surface area (Å²) < 4.78 is 0. The van der Waals surface area contributed by atoms with Gasteiger partial charge in [0.1, 0.15) is 6.04 Å². The number of carbonyl (C=O) groups excluding carboxylic acids is 2. The fourth-order valence-electron chi connectivity index (χ4n) is 4.82. The molecule has 1 aliphatic heterocycles. The van der Waals surface area contributed by atoms with Gasteiger partial charge in [0.2, 0.25) is 5.91 Å². The van der Waals surface area contributed by atoms with Crippen molar-refractivity contribution in [3.05, 3.63) is 95.0 Å². The normalized spacial score (nSPS) is 15.5. The minimum atomic E-state index is -0.552. The third-order valence-corrected chi connectivity index (χ3v) is 7.42. The monoisotopic (exact) mass is 504 g/mol. The van der Waals surface area contributed by atoms with Crippen LogP contribution >= 0.6 is 11.6 Å². The zero-order valence-corrected chi connectivity index (χ0v) is 21.2. The van der Waals surface area contributed by atoms with Crippen LogP contribution in [0.25, 0.3) is 11.1 Å². The van der Waals surface area contributed by atoms with E-state index in [-0.39, 0.29) is 25.2 Å². The zero-order valence-electron chi connectivity index (χ0n) is 20.4. The maximum Gasteiger partial charge on any atom is 0.252 e. The Morgan fingerprint density at radius 1 is 0.944 bits per heavy atom. The number of nitrogens with zero attached hydrogens (tertiary/aromatic N) is 1. The lowest BCUT2D eigenvalue weighted by atomic mass is 9.88. The number of rotatable bonds is 7. The third kappa shape index (κ3) is 6.36. The van der Waals surface area contributed by atoms with Gasteiger partial charge in [0.15, 0.2) is 0 Å². The molecule has 3 aromatic rings. The maximum absolute atomic E-state index is 13.6. The topological polar surface area (TPSA) is 49.4 Å². The van der Waals surface area contributed by atoms with Crippen LogP contribution in [-0.2, 0) is 4.79 Å². The van der Waals surface area contributed by atoms with E-state index in [9.17, 15) is 9.59 Å². The lowest BCUT2D eigenvalue weighted by molar-refractivity contribution is -0.135. The van der Waals surface area contributed by atoms with Crippen LogP contribution in [0.3, 0.4) is 0 Å². The molecule has 0 spiro atoms. The van der Waals surface area contributed by atoms with Crippen molar-refractivity contribution in [2.24, 2.45) is 5.92 Å². The first kappa shape index (κ1) is 27.5. The van der Waals surface area contributed by atoms with Crippen molar-refractivity contribution in [3.63, 3.8) is 0 Å². The minimum absolute atomic E-state index is 0. The van der Waals surface area contributed by atoms with Crippen molar-refractivity contribution in [1.82, 2.24) is 10.2 Å². The Hall–Kier alpha value is -3.11. The van der Waals surface area contributed by atoms with E-state index in [0.717, 1.165) is 35.4 Å². The molecule has 0 radical (unpaired) electrons. The van der Waals surface area contributed by atoms with Crippen LogP contribution in [0.5, 0.6) is 0 Å². The van der Waals surface area contributed by atoms with Crippen molar-refractivity contribution in [3.8, 4) is 11.1 Å². The highest BCUT2D eigenvalue weighted by molar-refractivity contribution is 6.30. The number of carbonyl (C=O) groups is 2. The average molecular weight is 505 g/mol. The maximum atomic E-state index is 13.6. The molecule has 36 heavy (non-hydrogen) atoms. The molecular formula is C31H37ClN2O2. The lowest BCUT2D eigenvalue weighted by Crippen LogP contribution is -2.53. The summed E-state index contributed by atoms with van der Waals surface area (Å²) in [6.45, 7) is 5.47. The van der Waals surface area contributed by atoms with E-state index in [1.165, 1.54) is 5.56 Å². The number of piperidine rings is 1. The first-order chi connectivity index (χ1) is 17.0. The smallest absolute Gasteiger partial charge is 0.252 e. The van der Waals surface area contributed by atoms with E-state index >= 15 is 0 Å². The van der Waals surface area contributed by atoms with Crippen LogP contribution in [0.1, 0.15) is 62.4 Å². The minimum Gasteiger partial charge on any atom is -0.341 e. The van der Waals surface area contributed by atoms with Crippen molar-refractivity contribution >= 4 is 23.4 Å². The first-order valence-electron chi connectivity index (χ1n) is 12.5. The Bertz CT molecular complexity index is 1140. The molecule has 3 aromatic carbocycles. The molecule has 2 atom stereocenters. The van der Waals surface area contributed by atoms with Gasteiger partial charge in [-0.15, -0.1) is 0 Å². The molecule has 1 fully saturated rings. The molecule has 0 bridgehead atoms. The average Bonchev–Trinajstić information content (AvgIpc) is 2.92. The SMILES string of the molecule is C.CC[C@H](C)[C@@H](NC(=O)c1ccccc1-c1ccccc1)C(=O)N1CCC(c2ccc(Cl)cc2)CC1. The van der Waals surface area contributed by atoms with Gasteiger partial charge >= 0.3 is 0 Å². The molecule has 5 heteroatoms. The standard InChI is InChI=1S/C30H33ClN2O2.CH4/c1-3-21(2)28(30(35)33-19-17-23(18-20-33)22-13-15-25(31)16-14-22)32-29(34)27-12-8-7-11-26(27)24-9-5-4-6-10-24;/h4-16,21,23,28H,3,17-20H2,1-2H3,(H,32,34);1H4/t21-,28+;/m0./s1. The van der Waals surface area contributed by atoms with Crippen LogP contribution in [0.4, 0.5) is 0 Å². The van der Waals surface area contributed by atoms with Gasteiger partial charge in [-0.2, -0.15) is 0 Å². The van der Waals surface area contributed by atoms with Crippen molar-refractivity contribution in [2.75, 3.05) is 13.1 Å². The lowest BCUT2D eigenvalue weighted by Gasteiger charge is -2.36. The van der Waals surface area contributed by atoms with E-state index in [1.807, 2.05) is 78.6 Å². The number of hydrogen-bond acceptors (Lipinski definition) is 2. The molecule has 4 nitrogen and oxygen atoms in total. The molecule has 1 N–H and O–H groups in total. The van der Waals surface area contributed by atoms with Gasteiger partial charge in [-0.05, 0) is 59.6 Å². The molecule has 0 aliphatic carbocycles. The molecule has 0 saturated carbocycles. The van der Waals surface area contributed by atoms with Gasteiger partial charge in [-0.3, -0.25) is 9.59 Å². The predicted molar refractivity (Wildman–Crippen MR) is 149 cm³/mol. The van der Waals surface area contributed by atoms with E-state index in [4.69, 9.17) is 11.6 Å². The number of halogens is 1. The molecule has 0 aromatic heterocycles. The highest BCUT2D eigenvalue weighted by Crippen LogP contribution is 2.30. The molecule has 1 saturated heterocycles. The van der Waals surface area contributed by atoms with Gasteiger partial charge in [0, 0.05) is 23.7 Å². The van der Waals surface area contributed by atoms with Crippen molar-refractivity contribution < 1.29 is 9.59 Å². The largest absolute Gasteiger partial charge is 0.341 e. The van der Waals surface area contributed by atoms with Crippen molar-refractivity contribution in [1.29, 1.82) is 0 Å². The van der Waals surface area contributed by atoms with Gasteiger partial charge in [0.05, 0.1) is 0 Å². The number of hydrogen-bond donors (Lipinski definition) is 1. The number of amides is 2. The first-order valence-corrected chi connectivity index (χ1v) is 12.8. The second-order valence-electron chi connectivity index (χ2n) is 9.40. The highest BCUT2D eigenvalue weighted by atomic mass is 35.5. The molecule has 4 rings (SSSR count). The van der Waals surface area contributed by atoms with E-state index in [1.54, 1.807) is 0 Å². The Balaban J connectivity index is 0.00000361. The number of nitrogens with one attached hydrogen (secondary N) is 1. The molecule has 1 aliphatic rings. The Morgan fingerprint density at radius 2 is 1.56 bits per heavy atom. The fourth-order valence-corrected chi connectivity index (χ4v) is 4.94. The van der Waals surface area contributed by atoms with Crippen LogP contribution < -0.4 is 5.32 Å². The van der Waals surface area contributed by atoms with Crippen LogP contribution in [0, 0.1) is 5.92 Å². The quantitative estimate of drug-likeness (QED) is 0.370. The predicted octanol–water partition coefficient (Wildman–Crippen LogP) is 7.19. The summed E-state index contributed by atoms with van der Waals surface area (Å²) in [5.74, 6) is 0.258. The highest BCUT2D eigenvalue weighted by Gasteiger charge is 2.33. The summed E-state index contributed by atoms with van der Waals surface area (Å²) in [5.41, 5.74) is 3.70.